The maximum Gasteiger partial charge on any atom is 0.341 e. The Morgan fingerprint density at radius 2 is 1.47 bits per heavy atom. The predicted octanol–water partition coefficient (Wildman–Crippen LogP) is 4.00. The van der Waals surface area contributed by atoms with Gasteiger partial charge < -0.3 is 14.2 Å². The topological polar surface area (TPSA) is 131 Å². The molecule has 0 saturated carbocycles. The van der Waals surface area contributed by atoms with Crippen LogP contribution in [-0.2, 0) is 19.0 Å². The van der Waals surface area contributed by atoms with Crippen molar-refractivity contribution in [1.29, 1.82) is 0 Å². The third-order valence-electron chi connectivity index (χ3n) is 4.93. The van der Waals surface area contributed by atoms with E-state index in [1.807, 2.05) is 0 Å². The Morgan fingerprint density at radius 1 is 0.967 bits per heavy atom. The van der Waals surface area contributed by atoms with Gasteiger partial charge in [0.15, 0.2) is 11.9 Å². The zero-order valence-corrected chi connectivity index (χ0v) is 16.3. The highest BCUT2D eigenvalue weighted by Gasteiger charge is 2.56. The lowest BCUT2D eigenvalue weighted by molar-refractivity contribution is -0.385. The first-order chi connectivity index (χ1) is 14.3. The smallest absolute Gasteiger partial charge is 0.341 e. The molecule has 3 rings (SSSR count). The van der Waals surface area contributed by atoms with E-state index in [9.17, 15) is 25.0 Å². The Balaban J connectivity index is 1.99. The highest BCUT2D eigenvalue weighted by molar-refractivity contribution is 5.81. The monoisotopic (exact) mass is 416 g/mol. The summed E-state index contributed by atoms with van der Waals surface area (Å²) in [4.78, 5) is 33.7. The summed E-state index contributed by atoms with van der Waals surface area (Å²) in [5, 5.41) is 21.8. The first-order valence-electron chi connectivity index (χ1n) is 9.31. The predicted molar refractivity (Wildman–Crippen MR) is 103 cm³/mol. The van der Waals surface area contributed by atoms with Gasteiger partial charge >= 0.3 is 5.97 Å². The van der Waals surface area contributed by atoms with Crippen molar-refractivity contribution in [1.82, 2.24) is 0 Å². The third kappa shape index (κ3) is 3.87. The number of benzene rings is 2. The van der Waals surface area contributed by atoms with E-state index in [0.29, 0.717) is 11.1 Å². The maximum atomic E-state index is 12.9. The molecule has 0 aromatic heterocycles. The lowest BCUT2D eigenvalue weighted by Crippen LogP contribution is -2.44. The molecule has 10 heteroatoms. The fourth-order valence-electron chi connectivity index (χ4n) is 3.35. The van der Waals surface area contributed by atoms with E-state index in [4.69, 9.17) is 14.2 Å². The van der Waals surface area contributed by atoms with Crippen molar-refractivity contribution in [3.05, 3.63) is 79.9 Å². The van der Waals surface area contributed by atoms with Gasteiger partial charge in [0.1, 0.15) is 6.10 Å². The Kier molecular flexibility index (Phi) is 6.09. The number of rotatable bonds is 7. The highest BCUT2D eigenvalue weighted by atomic mass is 16.8. The second-order valence-corrected chi connectivity index (χ2v) is 6.63. The van der Waals surface area contributed by atoms with Crippen molar-refractivity contribution in [2.45, 2.75) is 38.3 Å². The van der Waals surface area contributed by atoms with Gasteiger partial charge in [-0.15, -0.1) is 0 Å². The van der Waals surface area contributed by atoms with Crippen LogP contribution in [0.15, 0.2) is 48.5 Å². The summed E-state index contributed by atoms with van der Waals surface area (Å²) in [6.07, 6.45) is -1.64. The quantitative estimate of drug-likeness (QED) is 0.376. The van der Waals surface area contributed by atoms with Gasteiger partial charge in [0.25, 0.3) is 11.4 Å². The highest BCUT2D eigenvalue weighted by Crippen LogP contribution is 2.49. The van der Waals surface area contributed by atoms with E-state index in [-0.39, 0.29) is 24.4 Å². The van der Waals surface area contributed by atoms with E-state index >= 15 is 0 Å². The van der Waals surface area contributed by atoms with Gasteiger partial charge in [0.2, 0.25) is 0 Å². The number of hydrogen-bond donors (Lipinski definition) is 0. The third-order valence-corrected chi connectivity index (χ3v) is 4.93. The molecule has 0 spiro atoms. The number of nitrogens with zero attached hydrogens (tertiary/aromatic N) is 2. The van der Waals surface area contributed by atoms with Gasteiger partial charge in [-0.25, -0.2) is 4.79 Å². The molecular formula is C20H20N2O8. The SMILES string of the molecule is CCOC(=O)[C@]1(CC)O[C@H](c2ccc([N+](=O)[O-])cc2)O[C@@H]1c1ccc([N+](=O)[O-])cc1. The van der Waals surface area contributed by atoms with Crippen LogP contribution in [0.2, 0.25) is 0 Å². The summed E-state index contributed by atoms with van der Waals surface area (Å²) in [6.45, 7) is 3.56. The number of nitro groups is 2. The molecule has 1 saturated heterocycles. The summed E-state index contributed by atoms with van der Waals surface area (Å²) in [7, 11) is 0. The van der Waals surface area contributed by atoms with E-state index in [2.05, 4.69) is 0 Å². The van der Waals surface area contributed by atoms with E-state index < -0.39 is 33.8 Å². The maximum absolute atomic E-state index is 12.9. The minimum Gasteiger partial charge on any atom is -0.464 e. The normalized spacial score (nSPS) is 23.1. The van der Waals surface area contributed by atoms with Gasteiger partial charge in [-0.1, -0.05) is 6.92 Å². The fraction of sp³-hybridized carbons (Fsp3) is 0.350. The Bertz CT molecular complexity index is 944. The molecule has 1 aliphatic heterocycles. The summed E-state index contributed by atoms with van der Waals surface area (Å²) in [5.41, 5.74) is -0.649. The first-order valence-corrected chi connectivity index (χ1v) is 9.31. The minimum absolute atomic E-state index is 0.0872. The number of carbonyl (C=O) groups excluding carboxylic acids is 1. The van der Waals surface area contributed by atoms with Gasteiger partial charge in [0, 0.05) is 29.8 Å². The molecule has 2 aromatic carbocycles. The van der Waals surface area contributed by atoms with Crippen LogP contribution < -0.4 is 0 Å². The van der Waals surface area contributed by atoms with Crippen molar-refractivity contribution < 1.29 is 28.9 Å². The van der Waals surface area contributed by atoms with Crippen LogP contribution >= 0.6 is 0 Å². The number of ether oxygens (including phenoxy) is 3. The van der Waals surface area contributed by atoms with Gasteiger partial charge in [-0.2, -0.15) is 0 Å². The number of carbonyl (C=O) groups is 1. The summed E-state index contributed by atoms with van der Waals surface area (Å²) in [6, 6.07) is 11.3. The van der Waals surface area contributed by atoms with Crippen molar-refractivity contribution in [3.8, 4) is 0 Å². The molecule has 158 valence electrons. The van der Waals surface area contributed by atoms with Gasteiger partial charge in [-0.05, 0) is 43.2 Å². The van der Waals surface area contributed by atoms with E-state index in [1.165, 1.54) is 48.5 Å². The average molecular weight is 416 g/mol. The molecule has 1 fully saturated rings. The van der Waals surface area contributed by atoms with Crippen LogP contribution in [0.25, 0.3) is 0 Å². The van der Waals surface area contributed by atoms with Crippen LogP contribution in [0.4, 0.5) is 11.4 Å². The molecule has 0 amide bonds. The standard InChI is InChI=1S/C20H20N2O8/c1-3-20(19(23)28-4-2)17(13-5-9-15(10-6-13)21(24)25)29-18(30-20)14-7-11-16(12-8-14)22(26)27/h5-12,17-18H,3-4H2,1-2H3/t17-,18-,20-/m1/s1. The number of non-ortho nitro benzene ring substituents is 2. The fourth-order valence-corrected chi connectivity index (χ4v) is 3.35. The largest absolute Gasteiger partial charge is 0.464 e. The Hall–Kier alpha value is -3.37. The van der Waals surface area contributed by atoms with Gasteiger partial charge in [-0.3, -0.25) is 20.2 Å². The Morgan fingerprint density at radius 3 is 1.90 bits per heavy atom. The van der Waals surface area contributed by atoms with Crippen LogP contribution in [0, 0.1) is 20.2 Å². The Labute approximate surface area is 171 Å². The van der Waals surface area contributed by atoms with Crippen LogP contribution in [0.5, 0.6) is 0 Å². The van der Waals surface area contributed by atoms with Crippen molar-refractivity contribution in [2.75, 3.05) is 6.61 Å². The summed E-state index contributed by atoms with van der Waals surface area (Å²) in [5.74, 6) is -0.611. The van der Waals surface area contributed by atoms with Crippen molar-refractivity contribution >= 4 is 17.3 Å². The molecule has 0 radical (unpaired) electrons. The lowest BCUT2D eigenvalue weighted by Gasteiger charge is -2.29. The average Bonchev–Trinajstić information content (AvgIpc) is 3.15. The number of nitro benzene ring substituents is 2. The molecule has 0 bridgehead atoms. The van der Waals surface area contributed by atoms with Crippen molar-refractivity contribution in [3.63, 3.8) is 0 Å². The molecule has 1 aliphatic rings. The molecule has 10 nitrogen and oxygen atoms in total. The molecule has 1 heterocycles. The molecule has 0 unspecified atom stereocenters. The number of esters is 1. The molecule has 3 atom stereocenters. The lowest BCUT2D eigenvalue weighted by atomic mass is 9.88. The molecule has 30 heavy (non-hydrogen) atoms. The zero-order chi connectivity index (χ0) is 21.9. The van der Waals surface area contributed by atoms with Gasteiger partial charge in [0.05, 0.1) is 16.5 Å². The molecular weight excluding hydrogens is 396 g/mol. The minimum atomic E-state index is -1.47. The molecule has 0 N–H and O–H groups in total. The zero-order valence-electron chi connectivity index (χ0n) is 16.3. The molecule has 2 aromatic rings. The van der Waals surface area contributed by atoms with Crippen molar-refractivity contribution in [2.24, 2.45) is 0 Å². The molecule has 0 aliphatic carbocycles. The second kappa shape index (κ2) is 8.56. The second-order valence-electron chi connectivity index (χ2n) is 6.63. The number of hydrogen-bond acceptors (Lipinski definition) is 8. The summed E-state index contributed by atoms with van der Waals surface area (Å²) >= 11 is 0. The van der Waals surface area contributed by atoms with E-state index in [1.54, 1.807) is 13.8 Å². The summed E-state index contributed by atoms with van der Waals surface area (Å²) < 4.78 is 17.3. The van der Waals surface area contributed by atoms with E-state index in [0.717, 1.165) is 0 Å². The van der Waals surface area contributed by atoms with Crippen LogP contribution in [-0.4, -0.2) is 28.0 Å². The van der Waals surface area contributed by atoms with Crippen LogP contribution in [0.3, 0.4) is 0 Å². The first kappa shape index (κ1) is 21.3. The van der Waals surface area contributed by atoms with Crippen LogP contribution in [0.1, 0.15) is 43.8 Å².